The summed E-state index contributed by atoms with van der Waals surface area (Å²) in [6.45, 7) is 3.74. The maximum Gasteiger partial charge on any atom is 0.341 e. The molecule has 2 aromatic carbocycles. The van der Waals surface area contributed by atoms with E-state index in [2.05, 4.69) is 22.4 Å². The summed E-state index contributed by atoms with van der Waals surface area (Å²) in [4.78, 5) is 44.3. The number of carbonyl (C=O) groups is 3. The molecule has 0 bridgehead atoms. The van der Waals surface area contributed by atoms with Gasteiger partial charge < -0.3 is 19.2 Å². The fraction of sp³-hybridized carbons (Fsp3) is 0.310. The Balaban J connectivity index is 1.38. The quantitative estimate of drug-likeness (QED) is 0.281. The number of oxazole rings is 1. The van der Waals surface area contributed by atoms with Gasteiger partial charge in [-0.2, -0.15) is 0 Å². The van der Waals surface area contributed by atoms with Crippen molar-refractivity contribution in [2.45, 2.75) is 51.6 Å². The van der Waals surface area contributed by atoms with Crippen molar-refractivity contribution in [3.8, 4) is 0 Å². The van der Waals surface area contributed by atoms with Gasteiger partial charge in [-0.1, -0.05) is 43.3 Å². The van der Waals surface area contributed by atoms with Crippen LogP contribution in [0.2, 0.25) is 0 Å². The standard InChI is InChI=1S/C29H28N2O6S/c1-3-21(37-28(33)20-11-8-12-22-25(20)30-16-36-22)26(32)31-27-24(29(34)35-4-2)19-14-13-18(15-23(19)38-27)17-9-6-5-7-10-17/h5-12,16,18,21H,3-4,13-15H2,1-2H3,(H,31,32). The van der Waals surface area contributed by atoms with Crippen LogP contribution in [-0.4, -0.2) is 35.5 Å². The third kappa shape index (κ3) is 5.06. The molecule has 4 aromatic rings. The lowest BCUT2D eigenvalue weighted by molar-refractivity contribution is -0.124. The molecule has 5 rings (SSSR count). The normalized spacial score (nSPS) is 15.5. The number of amides is 1. The summed E-state index contributed by atoms with van der Waals surface area (Å²) in [5, 5.41) is 3.30. The maximum absolute atomic E-state index is 13.3. The van der Waals surface area contributed by atoms with Gasteiger partial charge in [0.25, 0.3) is 5.91 Å². The number of benzene rings is 2. The summed E-state index contributed by atoms with van der Waals surface area (Å²) in [5.41, 5.74) is 3.63. The molecule has 0 saturated heterocycles. The van der Waals surface area contributed by atoms with Gasteiger partial charge in [-0.25, -0.2) is 14.6 Å². The Hall–Kier alpha value is -3.98. The zero-order valence-electron chi connectivity index (χ0n) is 21.2. The Morgan fingerprint density at radius 2 is 1.92 bits per heavy atom. The van der Waals surface area contributed by atoms with E-state index in [4.69, 9.17) is 13.9 Å². The van der Waals surface area contributed by atoms with E-state index >= 15 is 0 Å². The molecule has 9 heteroatoms. The second kappa shape index (κ2) is 11.2. The Labute approximate surface area is 224 Å². The van der Waals surface area contributed by atoms with Crippen LogP contribution in [0.3, 0.4) is 0 Å². The summed E-state index contributed by atoms with van der Waals surface area (Å²) in [5.74, 6) is -1.30. The van der Waals surface area contributed by atoms with Crippen molar-refractivity contribution in [1.82, 2.24) is 4.98 Å². The van der Waals surface area contributed by atoms with Crippen molar-refractivity contribution in [3.63, 3.8) is 0 Å². The van der Waals surface area contributed by atoms with Crippen LogP contribution in [-0.2, 0) is 27.1 Å². The molecule has 0 spiro atoms. The van der Waals surface area contributed by atoms with Crippen LogP contribution >= 0.6 is 11.3 Å². The van der Waals surface area contributed by atoms with Crippen LogP contribution in [0.25, 0.3) is 11.1 Å². The minimum absolute atomic E-state index is 0.216. The van der Waals surface area contributed by atoms with Crippen molar-refractivity contribution >= 4 is 45.3 Å². The molecule has 196 valence electrons. The Bertz CT molecular complexity index is 1480. The number of esters is 2. The Morgan fingerprint density at radius 1 is 1.11 bits per heavy atom. The molecule has 2 aromatic heterocycles. The van der Waals surface area contributed by atoms with E-state index in [1.165, 1.54) is 23.3 Å². The second-order valence-corrected chi connectivity index (χ2v) is 10.2. The van der Waals surface area contributed by atoms with E-state index in [9.17, 15) is 14.4 Å². The zero-order chi connectivity index (χ0) is 26.6. The third-order valence-corrected chi connectivity index (χ3v) is 7.92. The minimum atomic E-state index is -1.06. The van der Waals surface area contributed by atoms with Gasteiger partial charge in [-0.15, -0.1) is 11.3 Å². The molecule has 0 saturated carbocycles. The number of aromatic nitrogens is 1. The van der Waals surface area contributed by atoms with E-state index in [-0.39, 0.29) is 18.6 Å². The largest absolute Gasteiger partial charge is 0.462 e. The monoisotopic (exact) mass is 532 g/mol. The highest BCUT2D eigenvalue weighted by molar-refractivity contribution is 7.17. The Morgan fingerprint density at radius 3 is 2.68 bits per heavy atom. The van der Waals surface area contributed by atoms with Gasteiger partial charge >= 0.3 is 11.9 Å². The van der Waals surface area contributed by atoms with Crippen LogP contribution in [0.4, 0.5) is 5.00 Å². The van der Waals surface area contributed by atoms with Gasteiger partial charge in [0.05, 0.1) is 17.7 Å². The molecular formula is C29H28N2O6S. The summed E-state index contributed by atoms with van der Waals surface area (Å²) in [6.07, 6.45) is 2.83. The molecule has 8 nitrogen and oxygen atoms in total. The number of fused-ring (bicyclic) bond motifs is 2. The first-order valence-electron chi connectivity index (χ1n) is 12.7. The maximum atomic E-state index is 13.3. The van der Waals surface area contributed by atoms with E-state index < -0.39 is 23.9 Å². The van der Waals surface area contributed by atoms with Crippen molar-refractivity contribution in [3.05, 3.63) is 82.1 Å². The number of anilines is 1. The predicted octanol–water partition coefficient (Wildman–Crippen LogP) is 5.91. The molecule has 2 atom stereocenters. The van der Waals surface area contributed by atoms with Crippen molar-refractivity contribution in [2.24, 2.45) is 0 Å². The summed E-state index contributed by atoms with van der Waals surface area (Å²) >= 11 is 1.39. The molecular weight excluding hydrogens is 504 g/mol. The van der Waals surface area contributed by atoms with Gasteiger partial charge in [-0.05, 0) is 61.8 Å². The van der Waals surface area contributed by atoms with Crippen LogP contribution in [0.15, 0.2) is 59.3 Å². The van der Waals surface area contributed by atoms with Gasteiger partial charge in [0.1, 0.15) is 10.5 Å². The van der Waals surface area contributed by atoms with E-state index in [1.54, 1.807) is 32.0 Å². The van der Waals surface area contributed by atoms with Gasteiger partial charge in [0.15, 0.2) is 18.1 Å². The van der Waals surface area contributed by atoms with Crippen molar-refractivity contribution < 1.29 is 28.3 Å². The fourth-order valence-electron chi connectivity index (χ4n) is 4.86. The Kier molecular flexibility index (Phi) is 7.55. The van der Waals surface area contributed by atoms with Crippen LogP contribution in [0.5, 0.6) is 0 Å². The molecule has 1 aliphatic carbocycles. The van der Waals surface area contributed by atoms with Gasteiger partial charge in [-0.3, -0.25) is 4.79 Å². The average molecular weight is 533 g/mol. The zero-order valence-corrected chi connectivity index (χ0v) is 22.0. The minimum Gasteiger partial charge on any atom is -0.462 e. The number of hydrogen-bond donors (Lipinski definition) is 1. The first kappa shape index (κ1) is 25.7. The molecule has 1 N–H and O–H groups in total. The first-order valence-corrected chi connectivity index (χ1v) is 13.5. The van der Waals surface area contributed by atoms with Crippen LogP contribution in [0.1, 0.15) is 69.3 Å². The molecule has 2 unspecified atom stereocenters. The molecule has 0 radical (unpaired) electrons. The number of nitrogens with zero attached hydrogens (tertiary/aromatic N) is 1. The second-order valence-electron chi connectivity index (χ2n) is 9.07. The average Bonchev–Trinajstić information content (AvgIpc) is 3.56. The van der Waals surface area contributed by atoms with Crippen molar-refractivity contribution in [1.29, 1.82) is 0 Å². The predicted molar refractivity (Wildman–Crippen MR) is 144 cm³/mol. The van der Waals surface area contributed by atoms with E-state index in [1.807, 2.05) is 18.2 Å². The lowest BCUT2D eigenvalue weighted by atomic mass is 9.83. The topological polar surface area (TPSA) is 108 Å². The van der Waals surface area contributed by atoms with Crippen LogP contribution < -0.4 is 5.32 Å². The van der Waals surface area contributed by atoms with E-state index in [0.29, 0.717) is 34.0 Å². The lowest BCUT2D eigenvalue weighted by Crippen LogP contribution is -2.32. The van der Waals surface area contributed by atoms with Gasteiger partial charge in [0, 0.05) is 4.88 Å². The summed E-state index contributed by atoms with van der Waals surface area (Å²) in [6, 6.07) is 15.2. The third-order valence-electron chi connectivity index (χ3n) is 6.75. The SMILES string of the molecule is CCOC(=O)c1c(NC(=O)C(CC)OC(=O)c2cccc3ocnc23)sc2c1CCC(c1ccccc1)C2. The number of para-hydroxylation sites is 1. The van der Waals surface area contributed by atoms with E-state index in [0.717, 1.165) is 23.3 Å². The molecule has 1 aliphatic rings. The number of ether oxygens (including phenoxy) is 2. The van der Waals surface area contributed by atoms with Gasteiger partial charge in [0.2, 0.25) is 0 Å². The highest BCUT2D eigenvalue weighted by Gasteiger charge is 2.32. The van der Waals surface area contributed by atoms with Crippen molar-refractivity contribution in [2.75, 3.05) is 11.9 Å². The number of thiophene rings is 1. The molecule has 0 fully saturated rings. The number of rotatable bonds is 8. The highest BCUT2D eigenvalue weighted by Crippen LogP contribution is 2.43. The number of carbonyl (C=O) groups excluding carboxylic acids is 3. The molecule has 38 heavy (non-hydrogen) atoms. The van der Waals surface area contributed by atoms with Crippen LogP contribution in [0, 0.1) is 0 Å². The molecule has 1 amide bonds. The summed E-state index contributed by atoms with van der Waals surface area (Å²) in [7, 11) is 0. The fourth-order valence-corrected chi connectivity index (χ4v) is 6.18. The number of hydrogen-bond acceptors (Lipinski definition) is 8. The summed E-state index contributed by atoms with van der Waals surface area (Å²) < 4.78 is 16.2. The highest BCUT2D eigenvalue weighted by atomic mass is 32.1. The smallest absolute Gasteiger partial charge is 0.341 e. The lowest BCUT2D eigenvalue weighted by Gasteiger charge is -2.23. The molecule has 0 aliphatic heterocycles. The first-order chi connectivity index (χ1) is 18.5. The molecule has 2 heterocycles. The number of nitrogens with one attached hydrogen (secondary N) is 1.